The maximum atomic E-state index is 12.4. The highest BCUT2D eigenvalue weighted by Crippen LogP contribution is 2.18. The Bertz CT molecular complexity index is 983. The van der Waals surface area contributed by atoms with Gasteiger partial charge in [0.2, 0.25) is 11.8 Å². The monoisotopic (exact) mass is 542 g/mol. The summed E-state index contributed by atoms with van der Waals surface area (Å²) in [6.07, 6.45) is 1.48. The van der Waals surface area contributed by atoms with Crippen LogP contribution in [-0.4, -0.2) is 82.8 Å². The number of hydrogen-bond acceptors (Lipinski definition) is 11. The van der Waals surface area contributed by atoms with Crippen molar-refractivity contribution in [3.63, 3.8) is 0 Å². The highest BCUT2D eigenvalue weighted by atomic mass is 32.2. The number of esters is 1. The molecule has 0 aliphatic carbocycles. The molecule has 1 aromatic heterocycles. The van der Waals surface area contributed by atoms with Gasteiger partial charge in [-0.1, -0.05) is 6.92 Å². The van der Waals surface area contributed by atoms with Gasteiger partial charge in [0.15, 0.2) is 17.9 Å². The summed E-state index contributed by atoms with van der Waals surface area (Å²) in [4.78, 5) is 55.6. The predicted octanol–water partition coefficient (Wildman–Crippen LogP) is -2.81. The number of aliphatic imine (C=N–C) groups is 1. The van der Waals surface area contributed by atoms with E-state index in [0.717, 1.165) is 0 Å². The van der Waals surface area contributed by atoms with Crippen molar-refractivity contribution in [2.75, 3.05) is 36.6 Å². The van der Waals surface area contributed by atoms with Crippen LogP contribution in [0.1, 0.15) is 30.3 Å². The van der Waals surface area contributed by atoms with Crippen LogP contribution in [0.4, 0.5) is 5.82 Å². The van der Waals surface area contributed by atoms with Crippen LogP contribution in [0.25, 0.3) is 0 Å². The second-order valence-corrected chi connectivity index (χ2v) is 9.12. The van der Waals surface area contributed by atoms with Crippen molar-refractivity contribution in [3.05, 3.63) is 12.0 Å². The van der Waals surface area contributed by atoms with Crippen LogP contribution in [0.2, 0.25) is 0 Å². The largest absolute Gasteiger partial charge is 0.463 e. The van der Waals surface area contributed by atoms with Gasteiger partial charge in [-0.15, -0.1) is 11.8 Å². The van der Waals surface area contributed by atoms with Crippen molar-refractivity contribution in [1.29, 1.82) is 0 Å². The Hall–Kier alpha value is -3.57. The van der Waals surface area contributed by atoms with E-state index in [9.17, 15) is 19.2 Å². The molecule has 0 aromatic carbocycles. The quantitative estimate of drug-likeness (QED) is 0.0483. The third-order valence-corrected chi connectivity index (χ3v) is 6.17. The first-order chi connectivity index (χ1) is 17.6. The van der Waals surface area contributed by atoms with E-state index in [-0.39, 0.29) is 49.2 Å². The number of imidazole rings is 1. The molecule has 0 spiro atoms. The van der Waals surface area contributed by atoms with E-state index >= 15 is 0 Å². The van der Waals surface area contributed by atoms with Gasteiger partial charge < -0.3 is 42.6 Å². The third kappa shape index (κ3) is 10.1. The lowest BCUT2D eigenvalue weighted by atomic mass is 10.1. The molecule has 1 unspecified atom stereocenters. The number of nitrogens with zero attached hydrogens (tertiary/aromatic N) is 3. The van der Waals surface area contributed by atoms with E-state index in [1.807, 2.05) is 0 Å². The predicted molar refractivity (Wildman–Crippen MR) is 136 cm³/mol. The fourth-order valence-corrected chi connectivity index (χ4v) is 3.98. The summed E-state index contributed by atoms with van der Waals surface area (Å²) in [6.45, 7) is 2.22. The number of rotatable bonds is 16. The number of carbonyl (C=O) groups excluding carboxylic acids is 4. The number of thioether (sulfide) groups is 1. The molecular weight excluding hydrogens is 508 g/mol. The molecule has 1 aliphatic heterocycles. The molecule has 206 valence electrons. The van der Waals surface area contributed by atoms with Gasteiger partial charge >= 0.3 is 5.97 Å². The molecule has 0 radical (unpaired) electrons. The van der Waals surface area contributed by atoms with E-state index in [2.05, 4.69) is 25.9 Å². The molecule has 3 atom stereocenters. The molecule has 0 saturated carbocycles. The number of carbonyl (C=O) groups is 4. The van der Waals surface area contributed by atoms with Crippen LogP contribution in [0.5, 0.6) is 0 Å². The highest BCUT2D eigenvalue weighted by Gasteiger charge is 2.26. The van der Waals surface area contributed by atoms with E-state index < -0.39 is 30.1 Å². The number of aromatic nitrogens is 2. The molecule has 17 heteroatoms. The van der Waals surface area contributed by atoms with Crippen molar-refractivity contribution in [3.8, 4) is 0 Å². The fourth-order valence-electron chi connectivity index (χ4n) is 3.11. The van der Waals surface area contributed by atoms with E-state index in [1.165, 1.54) is 18.1 Å². The zero-order chi connectivity index (χ0) is 27.4. The number of hydrogen-bond donors (Lipinski definition) is 7. The first-order valence-corrected chi connectivity index (χ1v) is 12.6. The van der Waals surface area contributed by atoms with Crippen LogP contribution in [0, 0.1) is 5.92 Å². The standard InChI is InChI=1S/C20H34N10O6S/c1-11(17(33)27-12(15(21)32)3-2-4-25-19(22)23)7-37-8-13(31)36-6-5-35-10-30-9-26-14-16(30)28-20(24)29-18(14)34/h9,11-12,20,28H,2-8,10,24H2,1H3,(H2,21,32)(H,27,33)(H,29,34)(H4,22,23,25)/t11-,12+,20?/m0/s1. The summed E-state index contributed by atoms with van der Waals surface area (Å²) in [7, 11) is 0. The normalized spacial score (nSPS) is 15.9. The van der Waals surface area contributed by atoms with Crippen LogP contribution >= 0.6 is 11.8 Å². The number of ether oxygens (including phenoxy) is 2. The molecule has 0 bridgehead atoms. The van der Waals surface area contributed by atoms with E-state index in [0.29, 0.717) is 31.0 Å². The number of nitrogens with one attached hydrogen (secondary N) is 3. The van der Waals surface area contributed by atoms with Gasteiger partial charge in [-0.05, 0) is 12.8 Å². The fraction of sp³-hybridized carbons (Fsp3) is 0.600. The summed E-state index contributed by atoms with van der Waals surface area (Å²) in [5.74, 6) is -1.54. The Morgan fingerprint density at radius 1 is 1.27 bits per heavy atom. The van der Waals surface area contributed by atoms with Crippen molar-refractivity contribution >= 4 is 47.2 Å². The van der Waals surface area contributed by atoms with Crippen LogP contribution in [-0.2, 0) is 30.6 Å². The van der Waals surface area contributed by atoms with E-state index in [4.69, 9.17) is 32.4 Å². The minimum Gasteiger partial charge on any atom is -0.463 e. The average molecular weight is 543 g/mol. The molecule has 2 rings (SSSR count). The van der Waals surface area contributed by atoms with Gasteiger partial charge in [0.25, 0.3) is 5.91 Å². The zero-order valence-electron chi connectivity index (χ0n) is 20.5. The minimum atomic E-state index is -0.836. The van der Waals surface area contributed by atoms with Gasteiger partial charge in [-0.3, -0.25) is 34.5 Å². The Balaban J connectivity index is 1.59. The summed E-state index contributed by atoms with van der Waals surface area (Å²) in [5, 5.41) is 7.99. The summed E-state index contributed by atoms with van der Waals surface area (Å²) in [5.41, 5.74) is 21.8. The van der Waals surface area contributed by atoms with Crippen molar-refractivity contribution in [2.45, 2.75) is 38.8 Å². The number of guanidine groups is 1. The topological polar surface area (TPSA) is 257 Å². The Morgan fingerprint density at radius 3 is 2.73 bits per heavy atom. The first kappa shape index (κ1) is 29.7. The molecule has 2 heterocycles. The molecule has 11 N–H and O–H groups in total. The number of nitrogens with two attached hydrogens (primary N) is 4. The Morgan fingerprint density at radius 2 is 2.03 bits per heavy atom. The number of fused-ring (bicyclic) bond motifs is 1. The van der Waals surface area contributed by atoms with Crippen molar-refractivity contribution < 1.29 is 28.7 Å². The second kappa shape index (κ2) is 14.9. The maximum Gasteiger partial charge on any atom is 0.315 e. The van der Waals surface area contributed by atoms with Gasteiger partial charge in [0, 0.05) is 18.2 Å². The lowest BCUT2D eigenvalue weighted by Gasteiger charge is -2.22. The Labute approximate surface area is 217 Å². The number of anilines is 1. The lowest BCUT2D eigenvalue weighted by Crippen LogP contribution is -2.51. The van der Waals surface area contributed by atoms with Gasteiger partial charge in [-0.25, -0.2) is 4.98 Å². The summed E-state index contributed by atoms with van der Waals surface area (Å²) in [6, 6.07) is -0.836. The molecule has 0 fully saturated rings. The summed E-state index contributed by atoms with van der Waals surface area (Å²) < 4.78 is 12.2. The van der Waals surface area contributed by atoms with Crippen molar-refractivity contribution in [1.82, 2.24) is 20.2 Å². The maximum absolute atomic E-state index is 12.4. The molecule has 16 nitrogen and oxygen atoms in total. The molecule has 0 saturated heterocycles. The molecule has 1 aliphatic rings. The van der Waals surface area contributed by atoms with Gasteiger partial charge in [0.1, 0.15) is 25.2 Å². The molecule has 3 amide bonds. The summed E-state index contributed by atoms with van der Waals surface area (Å²) >= 11 is 1.23. The number of amides is 3. The second-order valence-electron chi connectivity index (χ2n) is 8.09. The van der Waals surface area contributed by atoms with Crippen LogP contribution in [0.3, 0.4) is 0 Å². The first-order valence-electron chi connectivity index (χ1n) is 11.4. The SMILES string of the molecule is C[C@@H](CSCC(=O)OCCOCn1cnc2c1NC(N)NC2=O)C(=O)N[C@H](CCCN=C(N)N)C(N)=O. The van der Waals surface area contributed by atoms with Crippen LogP contribution in [0.15, 0.2) is 11.3 Å². The third-order valence-electron chi connectivity index (χ3n) is 4.99. The van der Waals surface area contributed by atoms with Gasteiger partial charge in [0.05, 0.1) is 18.7 Å². The number of primary amides is 1. The Kier molecular flexibility index (Phi) is 11.9. The average Bonchev–Trinajstić information content (AvgIpc) is 3.23. The minimum absolute atomic E-state index is 0.0277. The highest BCUT2D eigenvalue weighted by molar-refractivity contribution is 7.99. The zero-order valence-corrected chi connectivity index (χ0v) is 21.3. The van der Waals surface area contributed by atoms with Crippen molar-refractivity contribution in [2.24, 2.45) is 33.8 Å². The molecule has 1 aromatic rings. The van der Waals surface area contributed by atoms with Crippen LogP contribution < -0.4 is 38.9 Å². The molecular formula is C20H34N10O6S. The van der Waals surface area contributed by atoms with Gasteiger partial charge in [-0.2, -0.15) is 0 Å². The lowest BCUT2D eigenvalue weighted by molar-refractivity contribution is -0.142. The smallest absolute Gasteiger partial charge is 0.315 e. The van der Waals surface area contributed by atoms with E-state index in [1.54, 1.807) is 11.5 Å². The molecule has 37 heavy (non-hydrogen) atoms.